The monoisotopic (exact) mass is 440 g/mol. The lowest BCUT2D eigenvalue weighted by Crippen LogP contribution is -2.20. The van der Waals surface area contributed by atoms with Gasteiger partial charge in [0.05, 0.1) is 36.1 Å². The molecule has 8 nitrogen and oxygen atoms in total. The van der Waals surface area contributed by atoms with Crippen LogP contribution in [0, 0.1) is 0 Å². The summed E-state index contributed by atoms with van der Waals surface area (Å²) in [5.74, 6) is 0.142. The molecule has 10 heteroatoms. The number of hydrogen-bond donors (Lipinski definition) is 2. The third kappa shape index (κ3) is 4.96. The van der Waals surface area contributed by atoms with Gasteiger partial charge in [-0.15, -0.1) is 0 Å². The fraction of sp³-hybridized carbons (Fsp3) is 0.263. The van der Waals surface area contributed by atoms with Gasteiger partial charge in [-0.25, -0.2) is 0 Å². The van der Waals surface area contributed by atoms with Crippen LogP contribution in [0.25, 0.3) is 0 Å². The van der Waals surface area contributed by atoms with Crippen molar-refractivity contribution in [2.75, 3.05) is 32.2 Å². The van der Waals surface area contributed by atoms with Crippen molar-refractivity contribution < 1.29 is 28.5 Å². The van der Waals surface area contributed by atoms with E-state index in [-0.39, 0.29) is 28.7 Å². The van der Waals surface area contributed by atoms with Gasteiger partial charge < -0.3 is 30.0 Å². The molecule has 0 aliphatic carbocycles. The van der Waals surface area contributed by atoms with Crippen molar-refractivity contribution in [3.63, 3.8) is 0 Å². The number of rotatable bonds is 6. The highest BCUT2D eigenvalue weighted by molar-refractivity contribution is 6.34. The first-order chi connectivity index (χ1) is 13.9. The molecule has 3 rings (SSSR count). The molecular formula is C19H18Cl2N2O6. The van der Waals surface area contributed by atoms with Crippen molar-refractivity contribution in [1.29, 1.82) is 0 Å². The van der Waals surface area contributed by atoms with E-state index >= 15 is 0 Å². The summed E-state index contributed by atoms with van der Waals surface area (Å²) < 4.78 is 21.6. The Morgan fingerprint density at radius 2 is 1.79 bits per heavy atom. The zero-order valence-corrected chi connectivity index (χ0v) is 16.9. The number of benzene rings is 2. The molecule has 0 spiro atoms. The lowest BCUT2D eigenvalue weighted by molar-refractivity contribution is -0.119. The summed E-state index contributed by atoms with van der Waals surface area (Å²) in [5, 5.41) is 3.09. The van der Waals surface area contributed by atoms with Crippen LogP contribution in [-0.2, 0) is 4.79 Å². The number of nitrogens with two attached hydrogens (primary N) is 1. The van der Waals surface area contributed by atoms with Gasteiger partial charge in [-0.2, -0.15) is 0 Å². The third-order valence-electron chi connectivity index (χ3n) is 3.94. The summed E-state index contributed by atoms with van der Waals surface area (Å²) >= 11 is 12.5. The standard InChI is InChI=1S/C19H18Cl2N2O6/c1-26-16-6-10(5-12(21)18(16)29-9-17(22)24)19(25)23-13-8-15-14(7-11(13)20)27-3-2-4-28-15/h5-8H,2-4,9H2,1H3,(H2,22,24)(H,23,25). The molecule has 1 aliphatic rings. The van der Waals surface area contributed by atoms with E-state index in [1.807, 2.05) is 0 Å². The van der Waals surface area contributed by atoms with Crippen LogP contribution in [0.2, 0.25) is 10.0 Å². The van der Waals surface area contributed by atoms with Crippen LogP contribution in [0.15, 0.2) is 24.3 Å². The Morgan fingerprint density at radius 3 is 2.45 bits per heavy atom. The van der Waals surface area contributed by atoms with E-state index in [2.05, 4.69) is 5.32 Å². The van der Waals surface area contributed by atoms with E-state index in [0.717, 1.165) is 6.42 Å². The second-order valence-electron chi connectivity index (χ2n) is 6.03. The molecule has 0 saturated heterocycles. The normalized spacial score (nSPS) is 12.7. The zero-order chi connectivity index (χ0) is 21.0. The maximum absolute atomic E-state index is 12.7. The Morgan fingerprint density at radius 1 is 1.10 bits per heavy atom. The minimum atomic E-state index is -0.672. The van der Waals surface area contributed by atoms with Crippen LogP contribution in [0.3, 0.4) is 0 Å². The summed E-state index contributed by atoms with van der Waals surface area (Å²) in [6.45, 7) is 0.646. The number of carbonyl (C=O) groups excluding carboxylic acids is 2. The van der Waals surface area contributed by atoms with Crippen LogP contribution in [0.4, 0.5) is 5.69 Å². The first-order valence-electron chi connectivity index (χ1n) is 8.58. The van der Waals surface area contributed by atoms with Crippen molar-refractivity contribution in [3.8, 4) is 23.0 Å². The van der Waals surface area contributed by atoms with Crippen molar-refractivity contribution in [1.82, 2.24) is 0 Å². The lowest BCUT2D eigenvalue weighted by Gasteiger charge is -2.15. The molecule has 0 fully saturated rings. The summed E-state index contributed by atoms with van der Waals surface area (Å²) in [5.41, 5.74) is 5.62. The molecule has 0 unspecified atom stereocenters. The largest absolute Gasteiger partial charge is 0.493 e. The van der Waals surface area contributed by atoms with Gasteiger partial charge in [0.15, 0.2) is 29.6 Å². The van der Waals surface area contributed by atoms with Gasteiger partial charge in [0.1, 0.15) is 0 Å². The molecule has 1 heterocycles. The quantitative estimate of drug-likeness (QED) is 0.712. The molecule has 0 atom stereocenters. The summed E-state index contributed by atoms with van der Waals surface area (Å²) in [4.78, 5) is 23.7. The Hall–Kier alpha value is -2.84. The third-order valence-corrected chi connectivity index (χ3v) is 4.53. The molecule has 0 bridgehead atoms. The highest BCUT2D eigenvalue weighted by Crippen LogP contribution is 2.39. The zero-order valence-electron chi connectivity index (χ0n) is 15.4. The van der Waals surface area contributed by atoms with Gasteiger partial charge in [-0.3, -0.25) is 9.59 Å². The van der Waals surface area contributed by atoms with Gasteiger partial charge in [0, 0.05) is 24.1 Å². The second-order valence-corrected chi connectivity index (χ2v) is 6.84. The van der Waals surface area contributed by atoms with Crippen LogP contribution < -0.4 is 30.0 Å². The highest BCUT2D eigenvalue weighted by atomic mass is 35.5. The van der Waals surface area contributed by atoms with E-state index in [9.17, 15) is 9.59 Å². The van der Waals surface area contributed by atoms with Crippen molar-refractivity contribution in [2.45, 2.75) is 6.42 Å². The summed E-state index contributed by atoms with van der Waals surface area (Å²) in [6.07, 6.45) is 0.746. The van der Waals surface area contributed by atoms with Gasteiger partial charge in [-0.1, -0.05) is 23.2 Å². The number of hydrogen-bond acceptors (Lipinski definition) is 6. The number of amides is 2. The molecule has 3 N–H and O–H groups in total. The molecule has 1 aliphatic heterocycles. The number of methoxy groups -OCH3 is 1. The predicted octanol–water partition coefficient (Wildman–Crippen LogP) is 3.28. The van der Waals surface area contributed by atoms with Gasteiger partial charge in [0.2, 0.25) is 0 Å². The van der Waals surface area contributed by atoms with Crippen LogP contribution in [0.1, 0.15) is 16.8 Å². The van der Waals surface area contributed by atoms with E-state index in [1.54, 1.807) is 12.1 Å². The average molecular weight is 441 g/mol. The Balaban J connectivity index is 1.85. The number of primary amides is 1. The fourth-order valence-corrected chi connectivity index (χ4v) is 3.07. The molecule has 2 aromatic carbocycles. The minimum absolute atomic E-state index is 0.0838. The Labute approximate surface area is 176 Å². The van der Waals surface area contributed by atoms with E-state index in [0.29, 0.717) is 35.4 Å². The van der Waals surface area contributed by atoms with E-state index < -0.39 is 11.8 Å². The maximum Gasteiger partial charge on any atom is 0.255 e. The molecule has 0 aromatic heterocycles. The SMILES string of the molecule is COc1cc(C(=O)Nc2cc3c(cc2Cl)OCCCO3)cc(Cl)c1OCC(N)=O. The number of ether oxygens (including phenoxy) is 4. The molecule has 2 amide bonds. The summed E-state index contributed by atoms with van der Waals surface area (Å²) in [7, 11) is 1.38. The maximum atomic E-state index is 12.7. The minimum Gasteiger partial charge on any atom is -0.493 e. The number of halogens is 2. The lowest BCUT2D eigenvalue weighted by atomic mass is 10.1. The summed E-state index contributed by atoms with van der Waals surface area (Å²) in [6, 6.07) is 6.00. The molecular weight excluding hydrogens is 423 g/mol. The molecule has 0 saturated carbocycles. The number of nitrogens with one attached hydrogen (secondary N) is 1. The number of carbonyl (C=O) groups is 2. The van der Waals surface area contributed by atoms with Gasteiger partial charge in [-0.05, 0) is 12.1 Å². The predicted molar refractivity (Wildman–Crippen MR) is 108 cm³/mol. The topological polar surface area (TPSA) is 109 Å². The van der Waals surface area contributed by atoms with Crippen molar-refractivity contribution >= 4 is 40.7 Å². The molecule has 29 heavy (non-hydrogen) atoms. The highest BCUT2D eigenvalue weighted by Gasteiger charge is 2.19. The first-order valence-corrected chi connectivity index (χ1v) is 9.33. The fourth-order valence-electron chi connectivity index (χ4n) is 2.61. The average Bonchev–Trinajstić information content (AvgIpc) is 2.91. The molecule has 154 valence electrons. The van der Waals surface area contributed by atoms with Crippen LogP contribution in [-0.4, -0.2) is 38.7 Å². The van der Waals surface area contributed by atoms with Crippen LogP contribution >= 0.6 is 23.2 Å². The number of anilines is 1. The van der Waals surface area contributed by atoms with Crippen molar-refractivity contribution in [2.24, 2.45) is 5.73 Å². The number of fused-ring (bicyclic) bond motifs is 1. The van der Waals surface area contributed by atoms with Gasteiger partial charge >= 0.3 is 0 Å². The first kappa shape index (κ1) is 20.9. The second kappa shape index (κ2) is 9.11. The van der Waals surface area contributed by atoms with E-state index in [4.69, 9.17) is 47.9 Å². The van der Waals surface area contributed by atoms with Crippen LogP contribution in [0.5, 0.6) is 23.0 Å². The smallest absolute Gasteiger partial charge is 0.255 e. The van der Waals surface area contributed by atoms with Crippen molar-refractivity contribution in [3.05, 3.63) is 39.9 Å². The Kier molecular flexibility index (Phi) is 6.56. The molecule has 2 aromatic rings. The van der Waals surface area contributed by atoms with Gasteiger partial charge in [0.25, 0.3) is 11.8 Å². The molecule has 0 radical (unpaired) electrons. The van der Waals surface area contributed by atoms with E-state index in [1.165, 1.54) is 19.2 Å². The Bertz CT molecular complexity index is 951.